The fourth-order valence-corrected chi connectivity index (χ4v) is 5.08. The zero-order chi connectivity index (χ0) is 37.1. The van der Waals surface area contributed by atoms with Gasteiger partial charge in [-0.1, -0.05) is 91.8 Å². The van der Waals surface area contributed by atoms with E-state index in [4.69, 9.17) is 41.3 Å². The van der Waals surface area contributed by atoms with Crippen molar-refractivity contribution in [1.29, 1.82) is 21.6 Å². The Morgan fingerprint density at radius 3 is 1.12 bits per heavy atom. The number of hydrogen-bond donors (Lipinski definition) is 0. The van der Waals surface area contributed by atoms with E-state index in [9.17, 15) is 0 Å². The summed E-state index contributed by atoms with van der Waals surface area (Å²) in [6, 6.07) is 17.4. The summed E-state index contributed by atoms with van der Waals surface area (Å²) in [6.07, 6.45) is 0. The van der Waals surface area contributed by atoms with Crippen molar-refractivity contribution in [3.63, 3.8) is 0 Å². The van der Waals surface area contributed by atoms with Gasteiger partial charge in [0, 0.05) is 71.6 Å². The molecule has 1 heterocycles. The predicted octanol–water partition coefficient (Wildman–Crippen LogP) is 11.0. The first kappa shape index (κ1) is 47.2. The zero-order valence-corrected chi connectivity index (χ0v) is 33.3. The number of pyridine rings is 1. The molecule has 49 heavy (non-hydrogen) atoms. The van der Waals surface area contributed by atoms with Gasteiger partial charge in [0.25, 0.3) is 0 Å². The molecule has 0 atom stereocenters. The summed E-state index contributed by atoms with van der Waals surface area (Å²) in [4.78, 5) is 17.7. The van der Waals surface area contributed by atoms with Gasteiger partial charge >= 0.3 is 0 Å². The summed E-state index contributed by atoms with van der Waals surface area (Å²) in [7, 11) is 4.13. The van der Waals surface area contributed by atoms with Crippen molar-refractivity contribution in [2.45, 2.75) is 107 Å². The second-order valence-electron chi connectivity index (χ2n) is 12.9. The largest absolute Gasteiger partial charge is 0.382 e. The Kier molecular flexibility index (Phi) is 23.3. The van der Waals surface area contributed by atoms with Crippen LogP contribution in [0.25, 0.3) is 0 Å². The Bertz CT molecular complexity index is 1360. The van der Waals surface area contributed by atoms with Crippen molar-refractivity contribution < 1.29 is 21.8 Å². The molecule has 0 fully saturated rings. The predicted molar refractivity (Wildman–Crippen MR) is 201 cm³/mol. The van der Waals surface area contributed by atoms with Gasteiger partial charge in [0.2, 0.25) is 0 Å². The third-order valence-corrected chi connectivity index (χ3v) is 7.72. The second-order valence-corrected chi connectivity index (χ2v) is 12.9. The Morgan fingerprint density at radius 1 is 0.633 bits per heavy atom. The molecule has 0 radical (unpaired) electrons. The second kappa shape index (κ2) is 24.2. The molecule has 3 aromatic rings. The Hall–Kier alpha value is -3.95. The third kappa shape index (κ3) is 14.2. The maximum absolute atomic E-state index is 6.00. The molecule has 0 aliphatic carbocycles. The summed E-state index contributed by atoms with van der Waals surface area (Å²) in [5, 5.41) is 24.0. The van der Waals surface area contributed by atoms with Crippen molar-refractivity contribution in [2.75, 3.05) is 32.2 Å². The zero-order valence-electron chi connectivity index (χ0n) is 32.2. The molecule has 0 saturated heterocycles. The van der Waals surface area contributed by atoms with Gasteiger partial charge in [-0.15, -0.1) is 0 Å². The van der Waals surface area contributed by atoms with Crippen LogP contribution in [0.4, 0.5) is 17.1 Å². The number of para-hydroxylation sites is 2. The van der Waals surface area contributed by atoms with Gasteiger partial charge in [0.05, 0.1) is 34.2 Å². The van der Waals surface area contributed by atoms with Crippen LogP contribution in [-0.2, 0) is 21.8 Å². The molecule has 0 spiro atoms. The number of nitrogens with zero attached hydrogens (tertiary/aromatic N) is 8. The molecule has 9 nitrogen and oxygen atoms in total. The number of anilines is 1. The Balaban J connectivity index is 0. The van der Waals surface area contributed by atoms with Crippen molar-refractivity contribution in [2.24, 2.45) is 9.98 Å². The first-order chi connectivity index (χ1) is 22.7. The fourth-order valence-electron chi connectivity index (χ4n) is 5.08. The van der Waals surface area contributed by atoms with E-state index in [-0.39, 0.29) is 17.1 Å². The SMILES string of the molecule is CC(=Nc1c(C(C)C)cccc1C(C)C)c1cc(N(C)C)cc(C(C)=Nc2c(C(C)C)cccc2C(C)C)n1.CCOCC.N#N.N#N.[Fe]. The van der Waals surface area contributed by atoms with Crippen molar-refractivity contribution in [1.82, 2.24) is 4.98 Å². The first-order valence-electron chi connectivity index (χ1n) is 16.8. The molecule has 2 aromatic carbocycles. The minimum Gasteiger partial charge on any atom is -0.382 e. The molecule has 0 aliphatic rings. The molecule has 10 heteroatoms. The molecule has 0 saturated carbocycles. The van der Waals surface area contributed by atoms with Gasteiger partial charge in [-0.25, -0.2) is 4.98 Å². The van der Waals surface area contributed by atoms with Gasteiger partial charge < -0.3 is 9.64 Å². The number of hydrogen-bond acceptors (Lipinski definition) is 9. The normalized spacial score (nSPS) is 11.1. The molecular formula is C39H58FeN8O. The Morgan fingerprint density at radius 2 is 0.918 bits per heavy atom. The van der Waals surface area contributed by atoms with Gasteiger partial charge in [-0.2, -0.15) is 0 Å². The molecular weight excluding hydrogens is 652 g/mol. The molecule has 0 aliphatic heterocycles. The van der Waals surface area contributed by atoms with Crippen molar-refractivity contribution in [3.8, 4) is 0 Å². The number of aromatic nitrogens is 1. The summed E-state index contributed by atoms with van der Waals surface area (Å²) in [5.41, 5.74) is 11.9. The van der Waals surface area contributed by atoms with Gasteiger partial charge in [0.1, 0.15) is 0 Å². The maximum atomic E-state index is 6.00. The van der Waals surface area contributed by atoms with E-state index in [0.29, 0.717) is 23.7 Å². The van der Waals surface area contributed by atoms with Crippen LogP contribution in [0.3, 0.4) is 0 Å². The van der Waals surface area contributed by atoms with Gasteiger partial charge in [0.15, 0.2) is 0 Å². The van der Waals surface area contributed by atoms with Crippen molar-refractivity contribution >= 4 is 28.5 Å². The van der Waals surface area contributed by atoms with Crippen LogP contribution in [0, 0.1) is 21.6 Å². The van der Waals surface area contributed by atoms with E-state index >= 15 is 0 Å². The molecule has 0 unspecified atom stereocenters. The van der Waals surface area contributed by atoms with Crippen LogP contribution in [0.1, 0.15) is 140 Å². The standard InChI is InChI=1S/C35H48N4.C4H10O.Fe.2N2/c1-21(2)28-15-13-16-29(22(3)4)34(28)36-25(9)32-19-27(39(11)12)20-33(38-32)26(10)37-35-30(23(5)6)17-14-18-31(35)24(7)8;1-3-5-4-2;;2*1-2/h13-24H,1-12H3;3-4H2,1-2H3;;;. The number of benzene rings is 2. The molecule has 0 bridgehead atoms. The van der Waals surface area contributed by atoms with Crippen LogP contribution >= 0.6 is 0 Å². The average molecular weight is 711 g/mol. The van der Waals surface area contributed by atoms with E-state index in [2.05, 4.69) is 137 Å². The van der Waals surface area contributed by atoms with Crippen LogP contribution < -0.4 is 4.90 Å². The quantitative estimate of drug-likeness (QED) is 0.109. The van der Waals surface area contributed by atoms with Gasteiger partial charge in [-0.05, 0) is 85.8 Å². The number of aliphatic imine (C=N–C) groups is 2. The minimum atomic E-state index is 0. The molecule has 1 aromatic heterocycles. The maximum Gasteiger partial charge on any atom is 0.0870 e. The van der Waals surface area contributed by atoms with E-state index in [1.807, 2.05) is 13.8 Å². The molecule has 0 N–H and O–H groups in total. The summed E-state index contributed by atoms with van der Waals surface area (Å²) >= 11 is 0. The van der Waals surface area contributed by atoms with Crippen LogP contribution in [0.5, 0.6) is 0 Å². The first-order valence-corrected chi connectivity index (χ1v) is 16.8. The Labute approximate surface area is 307 Å². The van der Waals surface area contributed by atoms with E-state index < -0.39 is 0 Å². The fraction of sp³-hybridized carbons (Fsp3) is 0.513. The van der Waals surface area contributed by atoms with Crippen LogP contribution in [-0.4, -0.2) is 43.7 Å². The number of rotatable bonds is 11. The van der Waals surface area contributed by atoms with E-state index in [1.165, 1.54) is 22.3 Å². The van der Waals surface area contributed by atoms with Crippen molar-refractivity contribution in [3.05, 3.63) is 82.2 Å². The third-order valence-electron chi connectivity index (χ3n) is 7.72. The van der Waals surface area contributed by atoms with E-state index in [0.717, 1.165) is 53.1 Å². The summed E-state index contributed by atoms with van der Waals surface area (Å²) in [5.74, 6) is 1.55. The average Bonchev–Trinajstić information content (AvgIpc) is 3.06. The summed E-state index contributed by atoms with van der Waals surface area (Å²) < 4.78 is 4.83. The van der Waals surface area contributed by atoms with E-state index in [1.54, 1.807) is 0 Å². The minimum absolute atomic E-state index is 0. The molecule has 3 rings (SSSR count). The number of ether oxygens (including phenoxy) is 1. The van der Waals surface area contributed by atoms with Crippen LogP contribution in [0.2, 0.25) is 0 Å². The molecule has 268 valence electrons. The van der Waals surface area contributed by atoms with Gasteiger partial charge in [-0.3, -0.25) is 9.98 Å². The topological polar surface area (TPSA) is 145 Å². The monoisotopic (exact) mass is 710 g/mol. The molecule has 0 amide bonds. The smallest absolute Gasteiger partial charge is 0.0870 e. The van der Waals surface area contributed by atoms with Crippen LogP contribution in [0.15, 0.2) is 58.5 Å². The summed E-state index contributed by atoms with van der Waals surface area (Å²) in [6.45, 7) is 27.7.